The maximum atomic E-state index is 13.0. The number of nitrogens with zero attached hydrogens (tertiary/aromatic N) is 4. The van der Waals surface area contributed by atoms with Crippen molar-refractivity contribution in [3.05, 3.63) is 59.2 Å². The molecule has 4 rings (SSSR count). The van der Waals surface area contributed by atoms with Crippen LogP contribution in [0.5, 0.6) is 0 Å². The Kier molecular flexibility index (Phi) is 4.92. The van der Waals surface area contributed by atoms with Gasteiger partial charge in [-0.2, -0.15) is 0 Å². The van der Waals surface area contributed by atoms with Gasteiger partial charge in [-0.25, -0.2) is 9.97 Å². The number of hydrogen-bond acceptors (Lipinski definition) is 5. The highest BCUT2D eigenvalue weighted by Crippen LogP contribution is 2.23. The van der Waals surface area contributed by atoms with Crippen LogP contribution in [0.1, 0.15) is 10.5 Å². The summed E-state index contributed by atoms with van der Waals surface area (Å²) >= 11 is 6.03. The van der Waals surface area contributed by atoms with E-state index in [1.54, 1.807) is 24.3 Å². The fraction of sp³-hybridized carbons (Fsp3) is 0.250. The molecule has 1 N–H and O–H groups in total. The maximum absolute atomic E-state index is 13.0. The standard InChI is InChI=1S/C20H20ClN5O/c1-25-9-11-26(12-10-25)19-18(23-16-7-2-3-8-17(16)24-19)20(27)22-15-6-4-5-14(21)13-15/h2-8,13H,9-12H2,1H3,(H,22,27). The van der Waals surface area contributed by atoms with Crippen molar-refractivity contribution >= 4 is 40.0 Å². The van der Waals surface area contributed by atoms with Gasteiger partial charge in [0.15, 0.2) is 11.5 Å². The van der Waals surface area contributed by atoms with Gasteiger partial charge in [-0.3, -0.25) is 4.79 Å². The highest BCUT2D eigenvalue weighted by molar-refractivity contribution is 6.31. The van der Waals surface area contributed by atoms with E-state index in [-0.39, 0.29) is 5.91 Å². The highest BCUT2D eigenvalue weighted by Gasteiger charge is 2.24. The molecule has 1 fully saturated rings. The van der Waals surface area contributed by atoms with Crippen LogP contribution >= 0.6 is 11.6 Å². The van der Waals surface area contributed by atoms with Crippen molar-refractivity contribution < 1.29 is 4.79 Å². The van der Waals surface area contributed by atoms with Crippen LogP contribution in [-0.2, 0) is 0 Å². The maximum Gasteiger partial charge on any atom is 0.278 e. The van der Waals surface area contributed by atoms with Gasteiger partial charge >= 0.3 is 0 Å². The van der Waals surface area contributed by atoms with Crippen molar-refractivity contribution in [1.82, 2.24) is 14.9 Å². The molecule has 0 aliphatic carbocycles. The zero-order valence-corrected chi connectivity index (χ0v) is 15.8. The molecule has 2 aromatic carbocycles. The minimum absolute atomic E-state index is 0.288. The summed E-state index contributed by atoms with van der Waals surface area (Å²) in [5, 5.41) is 3.46. The lowest BCUT2D eigenvalue weighted by Gasteiger charge is -2.33. The zero-order chi connectivity index (χ0) is 18.8. The first-order valence-corrected chi connectivity index (χ1v) is 9.25. The predicted octanol–water partition coefficient (Wildman–Crippen LogP) is 3.29. The van der Waals surface area contributed by atoms with E-state index in [2.05, 4.69) is 27.1 Å². The van der Waals surface area contributed by atoms with Crippen LogP contribution in [0.2, 0.25) is 5.02 Å². The van der Waals surface area contributed by atoms with E-state index in [9.17, 15) is 4.79 Å². The monoisotopic (exact) mass is 381 g/mol. The molecule has 2 heterocycles. The Morgan fingerprint density at radius 1 is 1.00 bits per heavy atom. The number of para-hydroxylation sites is 2. The zero-order valence-electron chi connectivity index (χ0n) is 15.0. The molecule has 0 unspecified atom stereocenters. The molecule has 27 heavy (non-hydrogen) atoms. The molecule has 7 heteroatoms. The number of rotatable bonds is 3. The van der Waals surface area contributed by atoms with E-state index >= 15 is 0 Å². The third-order valence-corrected chi connectivity index (χ3v) is 4.89. The minimum Gasteiger partial charge on any atom is -0.352 e. The first-order valence-electron chi connectivity index (χ1n) is 8.87. The number of likely N-dealkylation sites (N-methyl/N-ethyl adjacent to an activating group) is 1. The number of hydrogen-bond donors (Lipinski definition) is 1. The van der Waals surface area contributed by atoms with Gasteiger partial charge in [0.2, 0.25) is 0 Å². The van der Waals surface area contributed by atoms with E-state index in [1.165, 1.54) is 0 Å². The summed E-state index contributed by atoms with van der Waals surface area (Å²) in [6.45, 7) is 3.45. The Bertz CT molecular complexity index is 985. The largest absolute Gasteiger partial charge is 0.352 e. The van der Waals surface area contributed by atoms with Gasteiger partial charge in [0.1, 0.15) is 0 Å². The SMILES string of the molecule is CN1CCN(c2nc3ccccc3nc2C(=O)Nc2cccc(Cl)c2)CC1. The molecule has 1 saturated heterocycles. The molecular weight excluding hydrogens is 362 g/mol. The number of carbonyl (C=O) groups excluding carboxylic acids is 1. The molecule has 0 saturated carbocycles. The average molecular weight is 382 g/mol. The molecule has 1 amide bonds. The van der Waals surface area contributed by atoms with E-state index < -0.39 is 0 Å². The van der Waals surface area contributed by atoms with Crippen molar-refractivity contribution in [2.45, 2.75) is 0 Å². The number of piperazine rings is 1. The van der Waals surface area contributed by atoms with Gasteiger partial charge in [0.25, 0.3) is 5.91 Å². The topological polar surface area (TPSA) is 61.4 Å². The second-order valence-corrected chi connectivity index (χ2v) is 7.08. The minimum atomic E-state index is -0.288. The summed E-state index contributed by atoms with van der Waals surface area (Å²) in [6.07, 6.45) is 0. The summed E-state index contributed by atoms with van der Waals surface area (Å²) in [4.78, 5) is 26.8. The van der Waals surface area contributed by atoms with Crippen molar-refractivity contribution in [2.75, 3.05) is 43.4 Å². The average Bonchev–Trinajstić information content (AvgIpc) is 2.67. The second kappa shape index (κ2) is 7.50. The second-order valence-electron chi connectivity index (χ2n) is 6.64. The van der Waals surface area contributed by atoms with Crippen LogP contribution in [-0.4, -0.2) is 54.0 Å². The number of amides is 1. The number of nitrogens with one attached hydrogen (secondary N) is 1. The smallest absolute Gasteiger partial charge is 0.278 e. The molecule has 0 radical (unpaired) electrons. The van der Waals surface area contributed by atoms with Gasteiger partial charge in [-0.05, 0) is 37.4 Å². The molecular formula is C20H20ClN5O. The lowest BCUT2D eigenvalue weighted by atomic mass is 10.2. The van der Waals surface area contributed by atoms with Crippen LogP contribution < -0.4 is 10.2 Å². The Morgan fingerprint density at radius 3 is 2.41 bits per heavy atom. The lowest BCUT2D eigenvalue weighted by Crippen LogP contribution is -2.45. The van der Waals surface area contributed by atoms with E-state index in [0.717, 1.165) is 31.7 Å². The Hall–Kier alpha value is -2.70. The van der Waals surface area contributed by atoms with Crippen LogP contribution in [0.25, 0.3) is 11.0 Å². The van der Waals surface area contributed by atoms with Gasteiger partial charge in [-0.15, -0.1) is 0 Å². The van der Waals surface area contributed by atoms with Gasteiger partial charge in [0, 0.05) is 36.9 Å². The molecule has 0 spiro atoms. The van der Waals surface area contributed by atoms with Crippen LogP contribution in [0, 0.1) is 0 Å². The van der Waals surface area contributed by atoms with Gasteiger partial charge < -0.3 is 15.1 Å². The Labute approximate surface area is 162 Å². The van der Waals surface area contributed by atoms with Crippen LogP contribution in [0.3, 0.4) is 0 Å². The van der Waals surface area contributed by atoms with Gasteiger partial charge in [0.05, 0.1) is 11.0 Å². The third kappa shape index (κ3) is 3.86. The fourth-order valence-electron chi connectivity index (χ4n) is 3.14. The molecule has 6 nitrogen and oxygen atoms in total. The Balaban J connectivity index is 1.72. The quantitative estimate of drug-likeness (QED) is 0.754. The van der Waals surface area contributed by atoms with Crippen LogP contribution in [0.15, 0.2) is 48.5 Å². The lowest BCUT2D eigenvalue weighted by molar-refractivity contribution is 0.102. The Morgan fingerprint density at radius 2 is 1.70 bits per heavy atom. The molecule has 1 aliphatic heterocycles. The van der Waals surface area contributed by atoms with Crippen LogP contribution in [0.4, 0.5) is 11.5 Å². The molecule has 0 bridgehead atoms. The molecule has 0 atom stereocenters. The van der Waals surface area contributed by atoms with Gasteiger partial charge in [-0.1, -0.05) is 29.8 Å². The first kappa shape index (κ1) is 17.7. The van der Waals surface area contributed by atoms with E-state index in [1.807, 2.05) is 24.3 Å². The molecule has 3 aromatic rings. The number of benzene rings is 2. The summed E-state index contributed by atoms with van der Waals surface area (Å²) in [5.41, 5.74) is 2.45. The summed E-state index contributed by atoms with van der Waals surface area (Å²) in [7, 11) is 2.09. The highest BCUT2D eigenvalue weighted by atomic mass is 35.5. The van der Waals surface area contributed by atoms with E-state index in [0.29, 0.717) is 27.7 Å². The molecule has 1 aromatic heterocycles. The van der Waals surface area contributed by atoms with Crippen molar-refractivity contribution in [2.24, 2.45) is 0 Å². The molecule has 138 valence electrons. The fourth-order valence-corrected chi connectivity index (χ4v) is 3.33. The normalized spacial score (nSPS) is 15.1. The number of aromatic nitrogens is 2. The number of carbonyl (C=O) groups is 1. The summed E-state index contributed by atoms with van der Waals surface area (Å²) < 4.78 is 0. The van der Waals surface area contributed by atoms with Crippen molar-refractivity contribution in [3.8, 4) is 0 Å². The number of halogens is 1. The van der Waals surface area contributed by atoms with Crippen molar-refractivity contribution in [3.63, 3.8) is 0 Å². The number of anilines is 2. The third-order valence-electron chi connectivity index (χ3n) is 4.65. The predicted molar refractivity (Wildman–Crippen MR) is 109 cm³/mol. The number of fused-ring (bicyclic) bond motifs is 1. The summed E-state index contributed by atoms with van der Waals surface area (Å²) in [5.74, 6) is 0.339. The van der Waals surface area contributed by atoms with Crippen molar-refractivity contribution in [1.29, 1.82) is 0 Å². The van der Waals surface area contributed by atoms with E-state index in [4.69, 9.17) is 16.6 Å². The molecule has 1 aliphatic rings. The first-order chi connectivity index (χ1) is 13.1. The summed E-state index contributed by atoms with van der Waals surface area (Å²) in [6, 6.07) is 14.7.